The van der Waals surface area contributed by atoms with Crippen molar-refractivity contribution in [1.82, 2.24) is 4.90 Å². The van der Waals surface area contributed by atoms with E-state index in [2.05, 4.69) is 0 Å². The lowest BCUT2D eigenvalue weighted by atomic mass is 9.88. The minimum Gasteiger partial charge on any atom is -0.461 e. The smallest absolute Gasteiger partial charge is 0.410 e. The number of amides is 1. The summed E-state index contributed by atoms with van der Waals surface area (Å²) in [6, 6.07) is 12.3. The Balaban J connectivity index is 1.80. The number of hydrogen-bond acceptors (Lipinski definition) is 4. The predicted molar refractivity (Wildman–Crippen MR) is 116 cm³/mol. The van der Waals surface area contributed by atoms with Crippen molar-refractivity contribution in [2.75, 3.05) is 7.05 Å². The van der Waals surface area contributed by atoms with Gasteiger partial charge in [0.1, 0.15) is 23.8 Å². The zero-order valence-corrected chi connectivity index (χ0v) is 18.8. The van der Waals surface area contributed by atoms with Gasteiger partial charge in [-0.3, -0.25) is 4.79 Å². The Morgan fingerprint density at radius 1 is 1.06 bits per heavy atom. The van der Waals surface area contributed by atoms with Gasteiger partial charge in [0.05, 0.1) is 5.92 Å². The molecule has 0 heterocycles. The van der Waals surface area contributed by atoms with Crippen LogP contribution in [0.3, 0.4) is 0 Å². The van der Waals surface area contributed by atoms with Gasteiger partial charge in [-0.1, -0.05) is 36.4 Å². The van der Waals surface area contributed by atoms with Gasteiger partial charge in [0.15, 0.2) is 0 Å². The normalized spacial score (nSPS) is 20.6. The van der Waals surface area contributed by atoms with E-state index in [-0.39, 0.29) is 18.2 Å². The number of esters is 1. The van der Waals surface area contributed by atoms with Crippen molar-refractivity contribution >= 4 is 12.1 Å². The van der Waals surface area contributed by atoms with Crippen LogP contribution in [-0.4, -0.2) is 35.7 Å². The van der Waals surface area contributed by atoms with Crippen LogP contribution in [0.2, 0.25) is 0 Å². The SMILES string of the molecule is CN(C(=O)OC(C)(C)C)[C@@H]1C[C@@H](C(=O)OCc2ccccc2)[C@H](c2ccc(F)cc2F)C1. The molecule has 0 aromatic heterocycles. The molecule has 0 aliphatic heterocycles. The molecule has 1 fully saturated rings. The van der Waals surface area contributed by atoms with E-state index in [1.807, 2.05) is 30.3 Å². The Morgan fingerprint density at radius 2 is 1.75 bits per heavy atom. The van der Waals surface area contributed by atoms with Gasteiger partial charge >= 0.3 is 12.1 Å². The minimum absolute atomic E-state index is 0.0986. The Labute approximate surface area is 187 Å². The average molecular weight is 446 g/mol. The molecule has 1 aliphatic carbocycles. The minimum atomic E-state index is -0.712. The second-order valence-electron chi connectivity index (χ2n) is 9.19. The summed E-state index contributed by atoms with van der Waals surface area (Å²) in [4.78, 5) is 27.0. The molecule has 1 saturated carbocycles. The molecule has 0 bridgehead atoms. The first kappa shape index (κ1) is 23.7. The van der Waals surface area contributed by atoms with Crippen LogP contribution in [0.4, 0.5) is 13.6 Å². The van der Waals surface area contributed by atoms with E-state index >= 15 is 0 Å². The van der Waals surface area contributed by atoms with Gasteiger partial charge in [-0.15, -0.1) is 0 Å². The molecular formula is C25H29F2NO4. The maximum absolute atomic E-state index is 14.6. The van der Waals surface area contributed by atoms with Crippen molar-refractivity contribution in [3.8, 4) is 0 Å². The van der Waals surface area contributed by atoms with E-state index in [1.165, 1.54) is 17.0 Å². The van der Waals surface area contributed by atoms with Crippen LogP contribution in [0.25, 0.3) is 0 Å². The summed E-state index contributed by atoms with van der Waals surface area (Å²) in [5, 5.41) is 0. The Morgan fingerprint density at radius 3 is 2.38 bits per heavy atom. The molecule has 5 nitrogen and oxygen atoms in total. The third-order valence-electron chi connectivity index (χ3n) is 5.66. The van der Waals surface area contributed by atoms with Gasteiger partial charge in [0.25, 0.3) is 0 Å². The Kier molecular flexibility index (Phi) is 7.16. The van der Waals surface area contributed by atoms with Gasteiger partial charge in [0.2, 0.25) is 0 Å². The lowest BCUT2D eigenvalue weighted by Crippen LogP contribution is -2.39. The molecule has 1 amide bonds. The zero-order valence-electron chi connectivity index (χ0n) is 18.8. The highest BCUT2D eigenvalue weighted by Gasteiger charge is 2.44. The molecule has 32 heavy (non-hydrogen) atoms. The van der Waals surface area contributed by atoms with Gasteiger partial charge in [0, 0.05) is 25.1 Å². The van der Waals surface area contributed by atoms with Crippen LogP contribution >= 0.6 is 0 Å². The van der Waals surface area contributed by atoms with Crippen LogP contribution in [0.1, 0.15) is 50.7 Å². The highest BCUT2D eigenvalue weighted by atomic mass is 19.1. The van der Waals surface area contributed by atoms with Crippen LogP contribution in [0.15, 0.2) is 48.5 Å². The van der Waals surface area contributed by atoms with Gasteiger partial charge < -0.3 is 14.4 Å². The van der Waals surface area contributed by atoms with E-state index in [4.69, 9.17) is 9.47 Å². The van der Waals surface area contributed by atoms with Crippen molar-refractivity contribution in [2.24, 2.45) is 5.92 Å². The molecule has 172 valence electrons. The first-order chi connectivity index (χ1) is 15.0. The summed E-state index contributed by atoms with van der Waals surface area (Å²) in [5.74, 6) is -3.09. The number of nitrogens with zero attached hydrogens (tertiary/aromatic N) is 1. The van der Waals surface area contributed by atoms with Crippen molar-refractivity contribution in [3.05, 3.63) is 71.3 Å². The van der Waals surface area contributed by atoms with E-state index < -0.39 is 41.1 Å². The van der Waals surface area contributed by atoms with Crippen LogP contribution < -0.4 is 0 Å². The maximum atomic E-state index is 14.6. The van der Waals surface area contributed by atoms with Crippen molar-refractivity contribution in [2.45, 2.75) is 57.8 Å². The lowest BCUT2D eigenvalue weighted by molar-refractivity contribution is -0.150. The van der Waals surface area contributed by atoms with Crippen molar-refractivity contribution < 1.29 is 27.8 Å². The standard InChI is InChI=1S/C25H29F2NO4/c1-25(2,3)32-24(30)28(4)18-13-20(19-11-10-17(26)12-22(19)27)21(14-18)23(29)31-15-16-8-6-5-7-9-16/h5-12,18,20-21H,13-15H2,1-4H3/t18-,20-,21+/m0/s1. The third-order valence-corrected chi connectivity index (χ3v) is 5.66. The third kappa shape index (κ3) is 5.84. The molecule has 0 N–H and O–H groups in total. The predicted octanol–water partition coefficient (Wildman–Crippen LogP) is 5.44. The topological polar surface area (TPSA) is 55.8 Å². The highest BCUT2D eigenvalue weighted by Crippen LogP contribution is 2.43. The van der Waals surface area contributed by atoms with E-state index in [9.17, 15) is 18.4 Å². The molecule has 2 aromatic carbocycles. The molecule has 2 aromatic rings. The molecule has 0 radical (unpaired) electrons. The first-order valence-electron chi connectivity index (χ1n) is 10.7. The zero-order chi connectivity index (χ0) is 23.5. The summed E-state index contributed by atoms with van der Waals surface area (Å²) in [7, 11) is 1.61. The molecule has 7 heteroatoms. The molecule has 0 spiro atoms. The summed E-state index contributed by atoms with van der Waals surface area (Å²) in [6.07, 6.45) is 0.118. The number of hydrogen-bond donors (Lipinski definition) is 0. The number of rotatable bonds is 5. The quantitative estimate of drug-likeness (QED) is 0.576. The summed E-state index contributed by atoms with van der Waals surface area (Å²) < 4.78 is 39.0. The largest absolute Gasteiger partial charge is 0.461 e. The number of benzene rings is 2. The van der Waals surface area contributed by atoms with Crippen LogP contribution in [-0.2, 0) is 20.9 Å². The molecule has 0 saturated heterocycles. The fourth-order valence-corrected chi connectivity index (χ4v) is 4.05. The molecule has 0 unspecified atom stereocenters. The van der Waals surface area contributed by atoms with Gasteiger partial charge in [-0.25, -0.2) is 13.6 Å². The second kappa shape index (κ2) is 9.67. The Hall–Kier alpha value is -2.96. The van der Waals surface area contributed by atoms with Gasteiger partial charge in [-0.2, -0.15) is 0 Å². The molecule has 3 rings (SSSR count). The summed E-state index contributed by atoms with van der Waals surface area (Å²) >= 11 is 0. The molecular weight excluding hydrogens is 416 g/mol. The van der Waals surface area contributed by atoms with Crippen LogP contribution in [0.5, 0.6) is 0 Å². The maximum Gasteiger partial charge on any atom is 0.410 e. The molecule has 3 atom stereocenters. The van der Waals surface area contributed by atoms with Crippen LogP contribution in [0, 0.1) is 17.6 Å². The number of carbonyl (C=O) groups excluding carboxylic acids is 2. The monoisotopic (exact) mass is 445 g/mol. The first-order valence-corrected chi connectivity index (χ1v) is 10.7. The summed E-state index contributed by atoms with van der Waals surface area (Å²) in [6.45, 7) is 5.41. The highest BCUT2D eigenvalue weighted by molar-refractivity contribution is 5.75. The second-order valence-corrected chi connectivity index (χ2v) is 9.19. The Bertz CT molecular complexity index is 958. The number of ether oxygens (including phenoxy) is 2. The van der Waals surface area contributed by atoms with Gasteiger partial charge in [-0.05, 0) is 50.8 Å². The van der Waals surface area contributed by atoms with E-state index in [0.717, 1.165) is 11.6 Å². The fourth-order valence-electron chi connectivity index (χ4n) is 4.05. The van der Waals surface area contributed by atoms with E-state index in [1.54, 1.807) is 27.8 Å². The average Bonchev–Trinajstić information content (AvgIpc) is 3.16. The fraction of sp³-hybridized carbons (Fsp3) is 0.440. The summed E-state index contributed by atoms with van der Waals surface area (Å²) in [5.41, 5.74) is 0.416. The number of halogens is 2. The molecule has 1 aliphatic rings. The lowest BCUT2D eigenvalue weighted by Gasteiger charge is -2.28. The van der Waals surface area contributed by atoms with Crippen molar-refractivity contribution in [1.29, 1.82) is 0 Å². The number of carbonyl (C=O) groups is 2. The van der Waals surface area contributed by atoms with E-state index in [0.29, 0.717) is 12.8 Å². The van der Waals surface area contributed by atoms with Crippen molar-refractivity contribution in [3.63, 3.8) is 0 Å².